The Morgan fingerprint density at radius 2 is 1.90 bits per heavy atom. The number of furan rings is 1. The highest BCUT2D eigenvalue weighted by molar-refractivity contribution is 9.10. The van der Waals surface area contributed by atoms with Crippen LogP contribution in [0.25, 0.3) is 0 Å². The third kappa shape index (κ3) is 4.32. The first-order valence-electron chi connectivity index (χ1n) is 9.70. The molecule has 1 heterocycles. The van der Waals surface area contributed by atoms with E-state index in [1.165, 1.54) is 0 Å². The highest BCUT2D eigenvalue weighted by Gasteiger charge is 2.34. The fraction of sp³-hybridized carbons (Fsp3) is 0.217. The zero-order valence-corrected chi connectivity index (χ0v) is 17.7. The second-order valence-electron chi connectivity index (χ2n) is 7.36. The summed E-state index contributed by atoms with van der Waals surface area (Å²) >= 11 is 3.16. The van der Waals surface area contributed by atoms with E-state index in [-0.39, 0.29) is 18.2 Å². The van der Waals surface area contributed by atoms with Crippen LogP contribution in [-0.4, -0.2) is 23.5 Å². The standard InChI is InChI=1S/C23H21BrN2O4/c24-20-11-10-19(30-20)22(28)26-17-8-3-6-16(13-17)21(27)25-14-23(29)12-4-7-15-5-1-2-9-18(15)23/h1-3,5-6,8-11,13,29H,4,7,12,14H2,(H,25,27)(H,26,28). The molecule has 2 amide bonds. The van der Waals surface area contributed by atoms with Crippen molar-refractivity contribution in [2.24, 2.45) is 0 Å². The maximum atomic E-state index is 12.7. The number of hydrogen-bond acceptors (Lipinski definition) is 4. The van der Waals surface area contributed by atoms with Crippen LogP contribution >= 0.6 is 15.9 Å². The van der Waals surface area contributed by atoms with Crippen molar-refractivity contribution in [3.05, 3.63) is 87.8 Å². The molecule has 1 unspecified atom stereocenters. The molecule has 1 atom stereocenters. The molecule has 154 valence electrons. The summed E-state index contributed by atoms with van der Waals surface area (Å²) in [4.78, 5) is 24.9. The highest BCUT2D eigenvalue weighted by Crippen LogP contribution is 2.34. The van der Waals surface area contributed by atoms with Gasteiger partial charge in [-0.2, -0.15) is 0 Å². The van der Waals surface area contributed by atoms with Gasteiger partial charge in [0.25, 0.3) is 11.8 Å². The van der Waals surface area contributed by atoms with E-state index in [0.29, 0.717) is 22.3 Å². The van der Waals surface area contributed by atoms with E-state index in [9.17, 15) is 14.7 Å². The topological polar surface area (TPSA) is 91.6 Å². The van der Waals surface area contributed by atoms with Crippen molar-refractivity contribution in [1.82, 2.24) is 5.32 Å². The van der Waals surface area contributed by atoms with Gasteiger partial charge in [0, 0.05) is 11.3 Å². The summed E-state index contributed by atoms with van der Waals surface area (Å²) in [5, 5.41) is 16.7. The number of amides is 2. The number of nitrogens with one attached hydrogen (secondary N) is 2. The van der Waals surface area contributed by atoms with Gasteiger partial charge in [-0.25, -0.2) is 0 Å². The molecule has 1 aromatic heterocycles. The van der Waals surface area contributed by atoms with E-state index in [0.717, 1.165) is 24.0 Å². The lowest BCUT2D eigenvalue weighted by Crippen LogP contribution is -2.43. The zero-order valence-electron chi connectivity index (χ0n) is 16.2. The third-order valence-corrected chi connectivity index (χ3v) is 5.70. The molecule has 0 spiro atoms. The molecule has 0 saturated carbocycles. The Bertz CT molecular complexity index is 1090. The summed E-state index contributed by atoms with van der Waals surface area (Å²) in [5.41, 5.74) is 1.78. The monoisotopic (exact) mass is 468 g/mol. The van der Waals surface area contributed by atoms with E-state index in [4.69, 9.17) is 4.42 Å². The molecule has 3 aromatic rings. The minimum atomic E-state index is -1.08. The van der Waals surface area contributed by atoms with Gasteiger partial charge >= 0.3 is 0 Å². The van der Waals surface area contributed by atoms with E-state index >= 15 is 0 Å². The van der Waals surface area contributed by atoms with Crippen molar-refractivity contribution in [1.29, 1.82) is 0 Å². The highest BCUT2D eigenvalue weighted by atomic mass is 79.9. The molecule has 7 heteroatoms. The Balaban J connectivity index is 1.43. The fourth-order valence-electron chi connectivity index (χ4n) is 3.78. The van der Waals surface area contributed by atoms with Gasteiger partial charge in [0.1, 0.15) is 5.60 Å². The molecule has 4 rings (SSSR count). The van der Waals surface area contributed by atoms with Gasteiger partial charge in [-0.3, -0.25) is 9.59 Å². The normalized spacial score (nSPS) is 17.8. The van der Waals surface area contributed by atoms with Crippen LogP contribution in [0.15, 0.2) is 69.8 Å². The molecular weight excluding hydrogens is 448 g/mol. The maximum Gasteiger partial charge on any atom is 0.291 e. The van der Waals surface area contributed by atoms with Crippen LogP contribution in [-0.2, 0) is 12.0 Å². The summed E-state index contributed by atoms with van der Waals surface area (Å²) in [6, 6.07) is 17.6. The van der Waals surface area contributed by atoms with Gasteiger partial charge in [0.05, 0.1) is 6.54 Å². The number of carbonyl (C=O) groups excluding carboxylic acids is 2. The lowest BCUT2D eigenvalue weighted by atomic mass is 9.79. The Labute approximate surface area is 182 Å². The second-order valence-corrected chi connectivity index (χ2v) is 8.15. The number of benzene rings is 2. The van der Waals surface area contributed by atoms with Crippen LogP contribution in [0.4, 0.5) is 5.69 Å². The molecule has 0 bridgehead atoms. The maximum absolute atomic E-state index is 12.7. The smallest absolute Gasteiger partial charge is 0.291 e. The fourth-order valence-corrected chi connectivity index (χ4v) is 4.08. The lowest BCUT2D eigenvalue weighted by molar-refractivity contribution is 0.0189. The van der Waals surface area contributed by atoms with Gasteiger partial charge < -0.3 is 20.2 Å². The molecular formula is C23H21BrN2O4. The number of rotatable bonds is 5. The Morgan fingerprint density at radius 1 is 1.07 bits per heavy atom. The zero-order chi connectivity index (χ0) is 21.1. The van der Waals surface area contributed by atoms with Crippen molar-refractivity contribution in [3.63, 3.8) is 0 Å². The van der Waals surface area contributed by atoms with Crippen molar-refractivity contribution in [2.45, 2.75) is 24.9 Å². The average Bonchev–Trinajstić information content (AvgIpc) is 3.19. The molecule has 0 fully saturated rings. The van der Waals surface area contributed by atoms with Gasteiger partial charge in [0.15, 0.2) is 10.4 Å². The third-order valence-electron chi connectivity index (χ3n) is 5.28. The molecule has 6 nitrogen and oxygen atoms in total. The number of aryl methyl sites for hydroxylation is 1. The average molecular weight is 469 g/mol. The molecule has 0 radical (unpaired) electrons. The molecule has 1 aliphatic rings. The van der Waals surface area contributed by atoms with Crippen molar-refractivity contribution in [3.8, 4) is 0 Å². The van der Waals surface area contributed by atoms with Crippen molar-refractivity contribution in [2.75, 3.05) is 11.9 Å². The van der Waals surface area contributed by atoms with Crippen LogP contribution in [0.5, 0.6) is 0 Å². The number of aliphatic hydroxyl groups is 1. The lowest BCUT2D eigenvalue weighted by Gasteiger charge is -2.34. The minimum absolute atomic E-state index is 0.125. The number of fused-ring (bicyclic) bond motifs is 1. The van der Waals surface area contributed by atoms with Crippen LogP contribution < -0.4 is 10.6 Å². The predicted octanol–water partition coefficient (Wildman–Crippen LogP) is 4.25. The summed E-state index contributed by atoms with van der Waals surface area (Å²) in [7, 11) is 0. The minimum Gasteiger partial charge on any atom is -0.444 e. The number of anilines is 1. The van der Waals surface area contributed by atoms with Crippen LogP contribution in [0.1, 0.15) is 44.9 Å². The molecule has 2 aromatic carbocycles. The number of halogens is 1. The summed E-state index contributed by atoms with van der Waals surface area (Å²) in [6.45, 7) is 0.125. The molecule has 0 saturated heterocycles. The van der Waals surface area contributed by atoms with E-state index < -0.39 is 11.5 Å². The van der Waals surface area contributed by atoms with Crippen molar-refractivity contribution >= 4 is 33.4 Å². The van der Waals surface area contributed by atoms with E-state index in [1.807, 2.05) is 24.3 Å². The van der Waals surface area contributed by atoms with E-state index in [2.05, 4.69) is 26.6 Å². The Hall–Kier alpha value is -2.90. The van der Waals surface area contributed by atoms with Gasteiger partial charge in [-0.15, -0.1) is 0 Å². The molecule has 0 aliphatic heterocycles. The van der Waals surface area contributed by atoms with E-state index in [1.54, 1.807) is 36.4 Å². The van der Waals surface area contributed by atoms with Crippen LogP contribution in [0.3, 0.4) is 0 Å². The molecule has 30 heavy (non-hydrogen) atoms. The van der Waals surface area contributed by atoms with Crippen LogP contribution in [0.2, 0.25) is 0 Å². The van der Waals surface area contributed by atoms with Gasteiger partial charge in [-0.1, -0.05) is 30.3 Å². The first-order chi connectivity index (χ1) is 14.4. The second kappa shape index (κ2) is 8.45. The summed E-state index contributed by atoms with van der Waals surface area (Å²) in [5.74, 6) is -0.565. The first-order valence-corrected chi connectivity index (χ1v) is 10.5. The molecule has 3 N–H and O–H groups in total. The Morgan fingerprint density at radius 3 is 2.70 bits per heavy atom. The van der Waals surface area contributed by atoms with Crippen molar-refractivity contribution < 1.29 is 19.1 Å². The molecule has 1 aliphatic carbocycles. The van der Waals surface area contributed by atoms with Gasteiger partial charge in [0.2, 0.25) is 0 Å². The summed E-state index contributed by atoms with van der Waals surface area (Å²) < 4.78 is 5.70. The number of carbonyl (C=O) groups is 2. The summed E-state index contributed by atoms with van der Waals surface area (Å²) in [6.07, 6.45) is 2.40. The van der Waals surface area contributed by atoms with Crippen LogP contribution in [0, 0.1) is 0 Å². The quantitative estimate of drug-likeness (QED) is 0.521. The Kier molecular flexibility index (Phi) is 5.74. The predicted molar refractivity (Wildman–Crippen MR) is 116 cm³/mol. The first kappa shape index (κ1) is 20.4. The largest absolute Gasteiger partial charge is 0.444 e. The SMILES string of the molecule is O=C(NCC1(O)CCCc2ccccc21)c1cccc(NC(=O)c2ccc(Br)o2)c1. The van der Waals surface area contributed by atoms with Gasteiger partial charge in [-0.05, 0) is 76.7 Å². The number of hydrogen-bond donors (Lipinski definition) is 3.